The van der Waals surface area contributed by atoms with Crippen LogP contribution in [0.5, 0.6) is 0 Å². The molecular weight excluding hydrogens is 262 g/mol. The van der Waals surface area contributed by atoms with Gasteiger partial charge in [0, 0.05) is 7.92 Å². The largest absolute Gasteiger partial charge is 2.00 e. The zero-order valence-electron chi connectivity index (χ0n) is 12.0. The summed E-state index contributed by atoms with van der Waals surface area (Å²) in [6.07, 6.45) is 0.939. The topological polar surface area (TPSA) is 9.23 Å². The van der Waals surface area contributed by atoms with E-state index < -0.39 is 7.92 Å². The zero-order valence-corrected chi connectivity index (χ0v) is 14.0. The van der Waals surface area contributed by atoms with Crippen LogP contribution in [-0.2, 0) is 21.2 Å². The van der Waals surface area contributed by atoms with Crippen LogP contribution < -0.4 is 0 Å². The van der Waals surface area contributed by atoms with E-state index in [0.29, 0.717) is 16.1 Å². The molecule has 0 N–H and O–H groups in total. The van der Waals surface area contributed by atoms with Crippen LogP contribution in [0.3, 0.4) is 0 Å². The normalized spacial score (nSPS) is 11.5. The first-order valence-electron chi connectivity index (χ1n) is 5.11. The molecule has 0 saturated carbocycles. The first-order valence-corrected chi connectivity index (χ1v) is 6.82. The Morgan fingerprint density at radius 2 is 1.38 bits per heavy atom. The average Bonchev–Trinajstić information content (AvgIpc) is 1.95. The van der Waals surface area contributed by atoms with Crippen molar-refractivity contribution in [3.63, 3.8) is 0 Å². The van der Waals surface area contributed by atoms with E-state index in [1.807, 2.05) is 0 Å². The fourth-order valence-corrected chi connectivity index (χ4v) is 5.71. The van der Waals surface area contributed by atoms with E-state index in [0.717, 1.165) is 6.16 Å². The van der Waals surface area contributed by atoms with Crippen molar-refractivity contribution < 1.29 is 21.2 Å². The van der Waals surface area contributed by atoms with E-state index >= 15 is 0 Å². The van der Waals surface area contributed by atoms with Crippen molar-refractivity contribution in [1.82, 2.24) is 0 Å². The summed E-state index contributed by atoms with van der Waals surface area (Å²) in [5.74, 6) is 0.684. The van der Waals surface area contributed by atoms with Gasteiger partial charge in [0.1, 0.15) is 0 Å². The second kappa shape index (κ2) is 7.72. The molecule has 0 fully saturated rings. The van der Waals surface area contributed by atoms with Gasteiger partial charge in [0.25, 0.3) is 0 Å². The van der Waals surface area contributed by atoms with Gasteiger partial charge in [-0.25, -0.2) is 0 Å². The third-order valence-electron chi connectivity index (χ3n) is 2.42. The maximum atomic E-state index is 5.79. The molecule has 0 aliphatic carbocycles. The zero-order chi connectivity index (χ0) is 11.6. The molecule has 0 aliphatic rings. The molecule has 0 saturated heterocycles. The summed E-state index contributed by atoms with van der Waals surface area (Å²) in [7, 11) is 1.08. The molecule has 0 atom stereocenters. The molecule has 0 bridgehead atoms. The summed E-state index contributed by atoms with van der Waals surface area (Å²) in [5, 5.41) is 0.706. The fourth-order valence-electron chi connectivity index (χ4n) is 1.90. The van der Waals surface area contributed by atoms with Crippen molar-refractivity contribution in [2.24, 2.45) is 0 Å². The Bertz CT molecular complexity index is 187. The van der Waals surface area contributed by atoms with Gasteiger partial charge in [-0.1, -0.05) is 5.76 Å². The van der Waals surface area contributed by atoms with Crippen molar-refractivity contribution in [2.45, 2.75) is 51.9 Å². The summed E-state index contributed by atoms with van der Waals surface area (Å²) in [5.41, 5.74) is 0. The molecule has 0 aromatic heterocycles. The number of allylic oxidation sites excluding steroid dienone is 1. The molecule has 1 nitrogen and oxygen atoms in total. The van der Waals surface area contributed by atoms with Crippen LogP contribution in [0.25, 0.3) is 0 Å². The Labute approximate surface area is 114 Å². The molecule has 0 heterocycles. The standard InChI is InChI=1S/C12H24OP.CH3.Ni/c1-10(13-8)9-14(11(2,3)4)12(5,6)7;;/h1H,9H2,2-8H3;1H3;/q2*-1;+2/p+1. The summed E-state index contributed by atoms with van der Waals surface area (Å²) < 4.78 is 5.09. The van der Waals surface area contributed by atoms with Crippen molar-refractivity contribution in [2.75, 3.05) is 13.3 Å². The third kappa shape index (κ3) is 7.69. The number of hydrogen-bond donors (Lipinski definition) is 0. The van der Waals surface area contributed by atoms with Crippen LogP contribution in [0.15, 0.2) is 5.76 Å². The summed E-state index contributed by atoms with van der Waals surface area (Å²) in [6, 6.07) is 0. The Hall–Kier alpha value is 0.464. The van der Waals surface area contributed by atoms with Crippen LogP contribution in [-0.4, -0.2) is 23.6 Å². The van der Waals surface area contributed by atoms with Gasteiger partial charge in [-0.15, -0.1) is 0 Å². The number of rotatable bonds is 3. The van der Waals surface area contributed by atoms with E-state index in [1.54, 1.807) is 7.11 Å². The second-order valence-corrected chi connectivity index (χ2v) is 10.1. The molecule has 0 aliphatic heterocycles. The molecule has 0 aromatic carbocycles. The molecule has 3 heteroatoms. The van der Waals surface area contributed by atoms with Gasteiger partial charge in [-0.2, -0.15) is 0 Å². The van der Waals surface area contributed by atoms with Crippen molar-refractivity contribution in [3.8, 4) is 0 Å². The third-order valence-corrected chi connectivity index (χ3v) is 6.75. The fraction of sp³-hybridized carbons (Fsp3) is 0.769. The first-order chi connectivity index (χ1) is 6.09. The van der Waals surface area contributed by atoms with Crippen LogP contribution in [0.1, 0.15) is 41.5 Å². The average molecular weight is 290 g/mol. The molecular formula is C13H28NiOP+. The minimum Gasteiger partial charge on any atom is -0.534 e. The van der Waals surface area contributed by atoms with Gasteiger partial charge >= 0.3 is 16.5 Å². The monoisotopic (exact) mass is 289 g/mol. The van der Waals surface area contributed by atoms with Gasteiger partial charge in [0.05, 0.1) is 23.6 Å². The summed E-state index contributed by atoms with van der Waals surface area (Å²) >= 11 is 0. The number of ether oxygens (including phenoxy) is 1. The first kappa shape index (κ1) is 21.7. The predicted octanol–water partition coefficient (Wildman–Crippen LogP) is 4.21. The van der Waals surface area contributed by atoms with Crippen LogP contribution >= 0.6 is 7.92 Å². The molecule has 0 unspecified atom stereocenters. The van der Waals surface area contributed by atoms with E-state index in [1.165, 1.54) is 0 Å². The predicted molar refractivity (Wildman–Crippen MR) is 73.9 cm³/mol. The van der Waals surface area contributed by atoms with Crippen molar-refractivity contribution in [1.29, 1.82) is 0 Å². The van der Waals surface area contributed by atoms with Crippen molar-refractivity contribution in [3.05, 3.63) is 19.8 Å². The van der Waals surface area contributed by atoms with Crippen LogP contribution in [0, 0.1) is 14.0 Å². The van der Waals surface area contributed by atoms with E-state index in [2.05, 4.69) is 41.5 Å². The minimum absolute atomic E-state index is 0. The Morgan fingerprint density at radius 3 is 1.56 bits per heavy atom. The van der Waals surface area contributed by atoms with E-state index in [9.17, 15) is 0 Å². The van der Waals surface area contributed by atoms with Crippen LogP contribution in [0.4, 0.5) is 0 Å². The number of hydrogen-bond acceptors (Lipinski definition) is 1. The quantitative estimate of drug-likeness (QED) is 0.327. The maximum absolute atomic E-state index is 5.79. The van der Waals surface area contributed by atoms with E-state index in [-0.39, 0.29) is 23.9 Å². The Balaban J connectivity index is -0.000000845. The molecule has 0 radical (unpaired) electrons. The number of methoxy groups -OCH3 is 1. The Kier molecular flexibility index (Phi) is 10.5. The maximum Gasteiger partial charge on any atom is 2.00 e. The summed E-state index contributed by atoms with van der Waals surface area (Å²) in [6.45, 7) is 19.6. The molecule has 0 aromatic rings. The smallest absolute Gasteiger partial charge is 0.534 e. The van der Waals surface area contributed by atoms with E-state index in [4.69, 9.17) is 11.3 Å². The van der Waals surface area contributed by atoms with Crippen LogP contribution in [0.2, 0.25) is 0 Å². The van der Waals surface area contributed by atoms with Gasteiger partial charge < -0.3 is 18.7 Å². The molecule has 0 rings (SSSR count). The summed E-state index contributed by atoms with van der Waals surface area (Å²) in [4.78, 5) is 0. The van der Waals surface area contributed by atoms with Crippen molar-refractivity contribution >= 4 is 7.92 Å². The molecule has 16 heavy (non-hydrogen) atoms. The molecule has 100 valence electrons. The van der Waals surface area contributed by atoms with Gasteiger partial charge in [0.15, 0.2) is 0 Å². The molecule has 0 spiro atoms. The molecule has 0 amide bonds. The van der Waals surface area contributed by atoms with Gasteiger partial charge in [0.2, 0.25) is 0 Å². The minimum atomic E-state index is -0.574. The Morgan fingerprint density at radius 1 is 1.06 bits per heavy atom. The second-order valence-electron chi connectivity index (χ2n) is 5.83. The SMILES string of the molecule is [CH-]=C(C[PH+](C(C)(C)C)C(C)(C)C)OC.[CH3-].[Ni+2]. The van der Waals surface area contributed by atoms with Gasteiger partial charge in [-0.05, 0) is 41.5 Å². The van der Waals surface area contributed by atoms with Gasteiger partial charge in [-0.3, -0.25) is 0 Å².